The van der Waals surface area contributed by atoms with Gasteiger partial charge in [0, 0.05) is 13.7 Å². The first-order chi connectivity index (χ1) is 10.7. The van der Waals surface area contributed by atoms with E-state index in [1.165, 1.54) is 0 Å². The van der Waals surface area contributed by atoms with Crippen molar-refractivity contribution in [3.8, 4) is 17.0 Å². The average Bonchev–Trinajstić information content (AvgIpc) is 2.55. The first-order valence-corrected chi connectivity index (χ1v) is 7.39. The first-order valence-electron chi connectivity index (χ1n) is 7.39. The standard InChI is InChI=1S/C17H22N2O3/c1-3-11-22-14-6-4-13(5-7-14)16-9-8-15(18)17(20)19(16)10-12-21-2/h4-9H,3,10-12,18H2,1-2H3. The summed E-state index contributed by atoms with van der Waals surface area (Å²) in [5.74, 6) is 0.826. The summed E-state index contributed by atoms with van der Waals surface area (Å²) < 4.78 is 12.3. The van der Waals surface area contributed by atoms with Gasteiger partial charge in [-0.05, 0) is 48.4 Å². The van der Waals surface area contributed by atoms with Crippen LogP contribution in [0.4, 0.5) is 5.69 Å². The number of rotatable bonds is 7. The van der Waals surface area contributed by atoms with Crippen LogP contribution in [0.3, 0.4) is 0 Å². The summed E-state index contributed by atoms with van der Waals surface area (Å²) in [6.07, 6.45) is 0.969. The van der Waals surface area contributed by atoms with Gasteiger partial charge in [0.25, 0.3) is 5.56 Å². The molecule has 0 fully saturated rings. The summed E-state index contributed by atoms with van der Waals surface area (Å²) in [7, 11) is 1.61. The number of hydrogen-bond acceptors (Lipinski definition) is 4. The van der Waals surface area contributed by atoms with Crippen LogP contribution in [0, 0.1) is 0 Å². The Hall–Kier alpha value is -2.27. The van der Waals surface area contributed by atoms with E-state index in [0.717, 1.165) is 23.4 Å². The first kappa shape index (κ1) is 16.1. The fourth-order valence-electron chi connectivity index (χ4n) is 2.19. The molecule has 1 aromatic carbocycles. The second-order valence-electron chi connectivity index (χ2n) is 5.00. The average molecular weight is 302 g/mol. The third kappa shape index (κ3) is 3.68. The summed E-state index contributed by atoms with van der Waals surface area (Å²) in [4.78, 5) is 12.2. The lowest BCUT2D eigenvalue weighted by atomic mass is 10.1. The van der Waals surface area contributed by atoms with Gasteiger partial charge in [-0.2, -0.15) is 0 Å². The molecule has 1 aromatic heterocycles. The molecular formula is C17H22N2O3. The molecule has 22 heavy (non-hydrogen) atoms. The molecule has 0 saturated carbocycles. The molecule has 0 saturated heterocycles. The van der Waals surface area contributed by atoms with E-state index in [-0.39, 0.29) is 11.2 Å². The molecule has 0 aliphatic carbocycles. The number of ether oxygens (including phenoxy) is 2. The molecular weight excluding hydrogens is 280 g/mol. The van der Waals surface area contributed by atoms with Crippen molar-refractivity contribution in [2.75, 3.05) is 26.1 Å². The van der Waals surface area contributed by atoms with Gasteiger partial charge in [-0.15, -0.1) is 0 Å². The number of methoxy groups -OCH3 is 1. The van der Waals surface area contributed by atoms with Gasteiger partial charge < -0.3 is 19.8 Å². The smallest absolute Gasteiger partial charge is 0.274 e. The molecule has 0 bridgehead atoms. The highest BCUT2D eigenvalue weighted by atomic mass is 16.5. The lowest BCUT2D eigenvalue weighted by Crippen LogP contribution is -2.25. The summed E-state index contributed by atoms with van der Waals surface area (Å²) in [6, 6.07) is 11.2. The van der Waals surface area contributed by atoms with E-state index in [0.29, 0.717) is 19.8 Å². The van der Waals surface area contributed by atoms with Crippen molar-refractivity contribution >= 4 is 5.69 Å². The topological polar surface area (TPSA) is 66.5 Å². The van der Waals surface area contributed by atoms with Crippen LogP contribution in [-0.4, -0.2) is 24.9 Å². The number of nitrogen functional groups attached to an aromatic ring is 1. The molecule has 2 aromatic rings. The minimum Gasteiger partial charge on any atom is -0.494 e. The zero-order chi connectivity index (χ0) is 15.9. The van der Waals surface area contributed by atoms with Gasteiger partial charge in [-0.1, -0.05) is 6.92 Å². The summed E-state index contributed by atoms with van der Waals surface area (Å²) in [5, 5.41) is 0. The summed E-state index contributed by atoms with van der Waals surface area (Å²) in [5.41, 5.74) is 7.53. The summed E-state index contributed by atoms with van der Waals surface area (Å²) >= 11 is 0. The van der Waals surface area contributed by atoms with E-state index in [1.807, 2.05) is 30.3 Å². The summed E-state index contributed by atoms with van der Waals surface area (Å²) in [6.45, 7) is 3.68. The van der Waals surface area contributed by atoms with Crippen molar-refractivity contribution in [2.45, 2.75) is 19.9 Å². The van der Waals surface area contributed by atoms with E-state index in [4.69, 9.17) is 15.2 Å². The van der Waals surface area contributed by atoms with E-state index >= 15 is 0 Å². The second-order valence-corrected chi connectivity index (χ2v) is 5.00. The Labute approximate surface area is 130 Å². The van der Waals surface area contributed by atoms with E-state index in [9.17, 15) is 4.79 Å². The van der Waals surface area contributed by atoms with Gasteiger partial charge in [0.15, 0.2) is 0 Å². The maximum absolute atomic E-state index is 12.2. The van der Waals surface area contributed by atoms with Crippen LogP contribution in [-0.2, 0) is 11.3 Å². The maximum atomic E-state index is 12.2. The van der Waals surface area contributed by atoms with Gasteiger partial charge in [-0.3, -0.25) is 4.79 Å². The van der Waals surface area contributed by atoms with Crippen LogP contribution in [0.2, 0.25) is 0 Å². The Kier molecular flexibility index (Phi) is 5.61. The Morgan fingerprint density at radius 1 is 1.09 bits per heavy atom. The van der Waals surface area contributed by atoms with Gasteiger partial charge >= 0.3 is 0 Å². The van der Waals surface area contributed by atoms with Gasteiger partial charge in [0.05, 0.1) is 24.6 Å². The highest BCUT2D eigenvalue weighted by molar-refractivity contribution is 5.62. The molecule has 0 amide bonds. The Morgan fingerprint density at radius 3 is 2.45 bits per heavy atom. The van der Waals surface area contributed by atoms with Crippen LogP contribution in [0.25, 0.3) is 11.3 Å². The molecule has 0 spiro atoms. The monoisotopic (exact) mass is 302 g/mol. The molecule has 2 N–H and O–H groups in total. The van der Waals surface area contributed by atoms with Crippen molar-refractivity contribution in [2.24, 2.45) is 0 Å². The highest BCUT2D eigenvalue weighted by Crippen LogP contribution is 2.22. The van der Waals surface area contributed by atoms with E-state index in [2.05, 4.69) is 6.92 Å². The fraction of sp³-hybridized carbons (Fsp3) is 0.353. The number of nitrogens with two attached hydrogens (primary N) is 1. The number of benzene rings is 1. The Balaban J connectivity index is 2.35. The molecule has 2 rings (SSSR count). The van der Waals surface area contributed by atoms with Gasteiger partial charge in [-0.25, -0.2) is 0 Å². The van der Waals surface area contributed by atoms with Crippen LogP contribution in [0.15, 0.2) is 41.2 Å². The molecule has 1 heterocycles. The Bertz CT molecular complexity index is 663. The number of pyridine rings is 1. The fourth-order valence-corrected chi connectivity index (χ4v) is 2.19. The van der Waals surface area contributed by atoms with Crippen LogP contribution < -0.4 is 16.0 Å². The molecule has 0 aliphatic heterocycles. The maximum Gasteiger partial charge on any atom is 0.274 e. The minimum atomic E-state index is -0.194. The van der Waals surface area contributed by atoms with Gasteiger partial charge in [0.2, 0.25) is 0 Å². The third-order valence-corrected chi connectivity index (χ3v) is 3.35. The normalized spacial score (nSPS) is 10.6. The minimum absolute atomic E-state index is 0.194. The predicted octanol–water partition coefficient (Wildman–Crippen LogP) is 2.53. The van der Waals surface area contributed by atoms with Crippen LogP contribution in [0.5, 0.6) is 5.75 Å². The molecule has 0 unspecified atom stereocenters. The van der Waals surface area contributed by atoms with Crippen LogP contribution in [0.1, 0.15) is 13.3 Å². The van der Waals surface area contributed by atoms with Crippen molar-refractivity contribution < 1.29 is 9.47 Å². The zero-order valence-electron chi connectivity index (χ0n) is 13.0. The third-order valence-electron chi connectivity index (χ3n) is 3.35. The lowest BCUT2D eigenvalue weighted by Gasteiger charge is -2.14. The number of anilines is 1. The van der Waals surface area contributed by atoms with Gasteiger partial charge in [0.1, 0.15) is 5.75 Å². The zero-order valence-corrected chi connectivity index (χ0v) is 13.0. The molecule has 5 heteroatoms. The predicted molar refractivity (Wildman–Crippen MR) is 88.2 cm³/mol. The molecule has 118 valence electrons. The molecule has 0 atom stereocenters. The van der Waals surface area contributed by atoms with E-state index in [1.54, 1.807) is 17.7 Å². The van der Waals surface area contributed by atoms with E-state index < -0.39 is 0 Å². The van der Waals surface area contributed by atoms with Crippen LogP contribution >= 0.6 is 0 Å². The SMILES string of the molecule is CCCOc1ccc(-c2ccc(N)c(=O)n2CCOC)cc1. The number of hydrogen-bond donors (Lipinski definition) is 1. The number of aromatic nitrogens is 1. The van der Waals surface area contributed by atoms with Crippen molar-refractivity contribution in [3.05, 3.63) is 46.8 Å². The second kappa shape index (κ2) is 7.66. The van der Waals surface area contributed by atoms with Crippen molar-refractivity contribution in [1.82, 2.24) is 4.57 Å². The molecule has 0 aliphatic rings. The van der Waals surface area contributed by atoms with Crippen molar-refractivity contribution in [3.63, 3.8) is 0 Å². The lowest BCUT2D eigenvalue weighted by molar-refractivity contribution is 0.186. The number of nitrogens with zero attached hydrogens (tertiary/aromatic N) is 1. The van der Waals surface area contributed by atoms with Crippen molar-refractivity contribution in [1.29, 1.82) is 0 Å². The largest absolute Gasteiger partial charge is 0.494 e. The molecule has 0 radical (unpaired) electrons. The molecule has 5 nitrogen and oxygen atoms in total. The quantitative estimate of drug-likeness (QED) is 0.853. The highest BCUT2D eigenvalue weighted by Gasteiger charge is 2.09. The Morgan fingerprint density at radius 2 is 1.82 bits per heavy atom.